The number of aliphatic carboxylic acids is 1. The number of ether oxygens (including phenoxy) is 2. The van der Waals surface area contributed by atoms with Gasteiger partial charge in [0.1, 0.15) is 6.54 Å². The highest BCUT2D eigenvalue weighted by atomic mass is 32.2. The maximum atomic E-state index is 12.2. The lowest BCUT2D eigenvalue weighted by Gasteiger charge is -2.30. The molecule has 2 atom stereocenters. The zero-order valence-corrected chi connectivity index (χ0v) is 36.5. The summed E-state index contributed by atoms with van der Waals surface area (Å²) in [6.07, 6.45) is 12.6. The first-order valence-corrected chi connectivity index (χ1v) is 24.1. The highest BCUT2D eigenvalue weighted by molar-refractivity contribution is 7.86. The number of hydrogen-bond acceptors (Lipinski definition) is 11. The van der Waals surface area contributed by atoms with Crippen molar-refractivity contribution >= 4 is 53.4 Å². The van der Waals surface area contributed by atoms with Crippen molar-refractivity contribution < 1.29 is 62.9 Å². The molecule has 0 fully saturated rings. The molecule has 2 heterocycles. The van der Waals surface area contributed by atoms with Crippen molar-refractivity contribution in [2.75, 3.05) is 56.9 Å². The number of hydrogen-bond donors (Lipinski definition) is 3. The van der Waals surface area contributed by atoms with Gasteiger partial charge in [-0.05, 0) is 100 Å². The lowest BCUT2D eigenvalue weighted by Crippen LogP contribution is -2.32. The van der Waals surface area contributed by atoms with Crippen molar-refractivity contribution in [2.45, 2.75) is 87.4 Å². The van der Waals surface area contributed by atoms with E-state index in [4.69, 9.17) is 14.6 Å². The summed E-state index contributed by atoms with van der Waals surface area (Å²) in [6.45, 7) is 5.60. The molecule has 2 aliphatic rings. The van der Waals surface area contributed by atoms with E-state index >= 15 is 0 Å². The molecule has 326 valence electrons. The fourth-order valence-electron chi connectivity index (χ4n) is 8.15. The van der Waals surface area contributed by atoms with Crippen molar-refractivity contribution in [3.05, 3.63) is 89.2 Å². The van der Waals surface area contributed by atoms with Crippen LogP contribution >= 0.6 is 0 Å². The van der Waals surface area contributed by atoms with Gasteiger partial charge in [0.25, 0.3) is 20.2 Å². The van der Waals surface area contributed by atoms with Crippen LogP contribution in [0.2, 0.25) is 0 Å². The fraction of sp³-hybridized carbons (Fsp3) is 0.512. The average Bonchev–Trinajstić information content (AvgIpc) is 3.50. The van der Waals surface area contributed by atoms with Gasteiger partial charge in [-0.25, -0.2) is 8.42 Å². The second kappa shape index (κ2) is 20.2. The molecule has 2 unspecified atom stereocenters. The first-order valence-electron chi connectivity index (χ1n) is 19.5. The quantitative estimate of drug-likeness (QED) is 0.0510. The summed E-state index contributed by atoms with van der Waals surface area (Å²) in [5, 5.41) is 9.16. The summed E-state index contributed by atoms with van der Waals surface area (Å²) in [6, 6.07) is 10.4. The van der Waals surface area contributed by atoms with Crippen molar-refractivity contribution in [1.82, 2.24) is 0 Å². The lowest BCUT2D eigenvalue weighted by molar-refractivity contribution is -0.438. The van der Waals surface area contributed by atoms with Gasteiger partial charge in [-0.3, -0.25) is 13.9 Å². The summed E-state index contributed by atoms with van der Waals surface area (Å²) < 4.78 is 115. The zero-order valence-electron chi connectivity index (χ0n) is 34.0. The van der Waals surface area contributed by atoms with E-state index in [2.05, 4.69) is 10.6 Å². The molecular formula is C41H56N2O13S3. The van der Waals surface area contributed by atoms with Gasteiger partial charge < -0.3 is 24.0 Å². The molecule has 0 aliphatic carbocycles. The van der Waals surface area contributed by atoms with Crippen LogP contribution in [0, 0.1) is 0 Å². The summed E-state index contributed by atoms with van der Waals surface area (Å²) in [4.78, 5) is 12.8. The maximum Gasteiger partial charge on any atom is 0.303 e. The minimum atomic E-state index is -4.57. The monoisotopic (exact) mass is 880 g/mol. The molecular weight excluding hydrogens is 825 g/mol. The first-order chi connectivity index (χ1) is 27.6. The van der Waals surface area contributed by atoms with Crippen LogP contribution in [0.3, 0.4) is 0 Å². The van der Waals surface area contributed by atoms with Crippen LogP contribution in [0.4, 0.5) is 11.4 Å². The molecule has 15 nitrogen and oxygen atoms in total. The van der Waals surface area contributed by atoms with Crippen molar-refractivity contribution in [3.8, 4) is 0 Å². The summed E-state index contributed by atoms with van der Waals surface area (Å²) >= 11 is 0. The number of rotatable bonds is 24. The molecule has 0 aromatic heterocycles. The Balaban J connectivity index is 1.80. The highest BCUT2D eigenvalue weighted by Crippen LogP contribution is 2.51. The van der Waals surface area contributed by atoms with Crippen LogP contribution in [-0.2, 0) is 61.9 Å². The Morgan fingerprint density at radius 1 is 0.831 bits per heavy atom. The summed E-state index contributed by atoms with van der Waals surface area (Å²) in [7, 11) is -10.2. The zero-order chi connectivity index (χ0) is 43.6. The molecule has 59 heavy (non-hydrogen) atoms. The number of unbranched alkanes of at least 4 members (excludes halogenated alkanes) is 2. The van der Waals surface area contributed by atoms with E-state index in [1.807, 2.05) is 49.1 Å². The molecule has 2 aliphatic heterocycles. The molecule has 3 N–H and O–H groups in total. The van der Waals surface area contributed by atoms with Crippen LogP contribution in [0.5, 0.6) is 0 Å². The highest BCUT2D eigenvalue weighted by Gasteiger charge is 2.47. The Morgan fingerprint density at radius 3 is 2.17 bits per heavy atom. The normalized spacial score (nSPS) is 20.4. The minimum Gasteiger partial charge on any atom is -0.748 e. The van der Waals surface area contributed by atoms with Crippen LogP contribution in [0.1, 0.15) is 81.9 Å². The molecule has 2 aromatic rings. The Kier molecular flexibility index (Phi) is 16.4. The predicted octanol–water partition coefficient (Wildman–Crippen LogP) is 5.54. The largest absolute Gasteiger partial charge is 0.748 e. The van der Waals surface area contributed by atoms with E-state index in [9.17, 15) is 43.7 Å². The van der Waals surface area contributed by atoms with E-state index in [1.54, 1.807) is 32.4 Å². The van der Waals surface area contributed by atoms with Crippen LogP contribution in [0.25, 0.3) is 0 Å². The van der Waals surface area contributed by atoms with Gasteiger partial charge in [0.2, 0.25) is 5.69 Å². The predicted molar refractivity (Wildman–Crippen MR) is 224 cm³/mol. The third-order valence-electron chi connectivity index (χ3n) is 11.1. The number of fused-ring (bicyclic) bond motifs is 2. The number of nitrogens with zero attached hydrogens (tertiary/aromatic N) is 2. The maximum absolute atomic E-state index is 12.2. The second-order valence-electron chi connectivity index (χ2n) is 15.3. The molecule has 0 radical (unpaired) electrons. The molecule has 0 saturated carbocycles. The Bertz CT molecular complexity index is 2300. The van der Waals surface area contributed by atoms with Gasteiger partial charge in [-0.2, -0.15) is 21.4 Å². The molecule has 0 spiro atoms. The van der Waals surface area contributed by atoms with E-state index in [0.717, 1.165) is 22.5 Å². The topological polar surface area (TPSA) is 228 Å². The average molecular weight is 881 g/mol. The van der Waals surface area contributed by atoms with E-state index < -0.39 is 58.7 Å². The van der Waals surface area contributed by atoms with Crippen molar-refractivity contribution in [3.63, 3.8) is 0 Å². The number of methoxy groups -OCH3 is 2. The van der Waals surface area contributed by atoms with Gasteiger partial charge in [-0.1, -0.05) is 24.3 Å². The summed E-state index contributed by atoms with van der Waals surface area (Å²) in [5.74, 6) is -1.88. The SMILES string of the molecule is COCCc1ccc2c(c1)C(C)(CCCS(=O)(=O)[O-])C(C=CC=CC=C1N(CCOC)c3ccc(S(=O)(=O)O)cc3C1(C)CCCS(=O)(=O)O)=[N+]2CCCCCC(=O)O. The molecule has 0 saturated heterocycles. The number of benzene rings is 2. The van der Waals surface area contributed by atoms with Crippen LogP contribution in [0.15, 0.2) is 77.4 Å². The van der Waals surface area contributed by atoms with Gasteiger partial charge in [0.05, 0.1) is 39.4 Å². The summed E-state index contributed by atoms with van der Waals surface area (Å²) in [5.41, 5.74) is 4.07. The van der Waals surface area contributed by atoms with Gasteiger partial charge in [0, 0.05) is 73.9 Å². The van der Waals surface area contributed by atoms with Crippen molar-refractivity contribution in [1.29, 1.82) is 0 Å². The minimum absolute atomic E-state index is 0.0500. The molecule has 18 heteroatoms. The van der Waals surface area contributed by atoms with Crippen molar-refractivity contribution in [2.24, 2.45) is 0 Å². The Labute approximate surface area is 348 Å². The molecule has 2 aromatic carbocycles. The van der Waals surface area contributed by atoms with Gasteiger partial charge in [0.15, 0.2) is 5.71 Å². The van der Waals surface area contributed by atoms with Crippen LogP contribution < -0.4 is 4.90 Å². The second-order valence-corrected chi connectivity index (χ2v) is 19.9. The van der Waals surface area contributed by atoms with Gasteiger partial charge >= 0.3 is 5.97 Å². The molecule has 4 rings (SSSR count). The van der Waals surface area contributed by atoms with E-state index in [-0.39, 0.29) is 30.6 Å². The molecule has 0 amide bonds. The first kappa shape index (κ1) is 47.9. The van der Waals surface area contributed by atoms with Gasteiger partial charge in [-0.15, -0.1) is 0 Å². The third-order valence-corrected chi connectivity index (χ3v) is 13.5. The van der Waals surface area contributed by atoms with E-state index in [1.165, 1.54) is 12.1 Å². The number of carboxylic acids is 1. The number of anilines is 1. The standard InChI is InChI=1S/C41H56N2O13S3/c1-40(21-11-27-57(46,47)48)33-29-31(20-25-55-3)16-18-35(33)42(23-10-6-9-15-39(44)45)37(40)13-7-5-8-14-38-41(2,22-12-28-58(49,50)51)34-30-32(59(52,53)54)17-19-36(34)43(38)24-26-56-4/h5,7-8,13-14,16-19,29-30H,6,9-12,15,20-28H2,1-4H3,(H3-,44,45,46,47,48,49,50,51,52,53,54). The number of carboxylic acid groups (broad SMARTS) is 1. The third kappa shape index (κ3) is 12.6. The number of allylic oxidation sites excluding steroid dienone is 6. The Hall–Kier alpha value is -3.75. The number of carbonyl (C=O) groups is 1. The van der Waals surface area contributed by atoms with E-state index in [0.29, 0.717) is 75.4 Å². The Morgan fingerprint density at radius 2 is 1.53 bits per heavy atom. The van der Waals surface area contributed by atoms with Crippen LogP contribution in [-0.4, -0.2) is 112 Å². The lowest BCUT2D eigenvalue weighted by atomic mass is 9.75. The fourth-order valence-corrected chi connectivity index (χ4v) is 9.66. The molecule has 0 bridgehead atoms. The smallest absolute Gasteiger partial charge is 0.303 e.